The maximum absolute atomic E-state index is 13.0. The van der Waals surface area contributed by atoms with Crippen LogP contribution in [0.15, 0.2) is 53.3 Å². The third-order valence-corrected chi connectivity index (χ3v) is 5.27. The molecule has 0 bridgehead atoms. The summed E-state index contributed by atoms with van der Waals surface area (Å²) in [5.74, 6) is -1.25. The maximum atomic E-state index is 13.0. The number of carboxylic acids is 1. The third-order valence-electron chi connectivity index (χ3n) is 5.27. The molecular formula is C23H26N2O4. The van der Waals surface area contributed by atoms with Gasteiger partial charge in [0, 0.05) is 42.8 Å². The van der Waals surface area contributed by atoms with Crippen LogP contribution in [0.1, 0.15) is 35.5 Å². The highest BCUT2D eigenvalue weighted by atomic mass is 16.4. The van der Waals surface area contributed by atoms with Gasteiger partial charge >= 0.3 is 5.97 Å². The molecule has 0 saturated carbocycles. The number of benzene rings is 2. The van der Waals surface area contributed by atoms with Crippen molar-refractivity contribution in [3.05, 3.63) is 75.6 Å². The van der Waals surface area contributed by atoms with Gasteiger partial charge in [0.15, 0.2) is 0 Å². The number of hydrogen-bond acceptors (Lipinski definition) is 4. The van der Waals surface area contributed by atoms with Crippen LogP contribution in [0.25, 0.3) is 10.9 Å². The molecule has 3 rings (SSSR count). The fourth-order valence-corrected chi connectivity index (χ4v) is 3.92. The van der Waals surface area contributed by atoms with Crippen molar-refractivity contribution < 1.29 is 15.0 Å². The molecule has 0 fully saturated rings. The average molecular weight is 394 g/mol. The molecule has 0 radical (unpaired) electrons. The molecule has 1 heterocycles. The second-order valence-electron chi connectivity index (χ2n) is 6.83. The van der Waals surface area contributed by atoms with E-state index in [-0.39, 0.29) is 25.1 Å². The molecule has 152 valence electrons. The summed E-state index contributed by atoms with van der Waals surface area (Å²) < 4.78 is 1.76. The summed E-state index contributed by atoms with van der Waals surface area (Å²) in [6.45, 7) is 5.84. The van der Waals surface area contributed by atoms with Gasteiger partial charge in [0.1, 0.15) is 5.56 Å². The number of pyridine rings is 1. The summed E-state index contributed by atoms with van der Waals surface area (Å²) in [6.07, 6.45) is 0.286. The van der Waals surface area contributed by atoms with Crippen molar-refractivity contribution in [3.8, 4) is 0 Å². The van der Waals surface area contributed by atoms with E-state index in [0.29, 0.717) is 16.6 Å². The van der Waals surface area contributed by atoms with Gasteiger partial charge in [-0.3, -0.25) is 4.79 Å². The molecule has 6 heteroatoms. The third kappa shape index (κ3) is 3.89. The summed E-state index contributed by atoms with van der Waals surface area (Å²) in [7, 11) is 0. The average Bonchev–Trinajstić information content (AvgIpc) is 2.73. The fraction of sp³-hybridized carbons (Fsp3) is 0.304. The Bertz CT molecular complexity index is 1080. The van der Waals surface area contributed by atoms with Crippen LogP contribution in [-0.2, 0) is 13.0 Å². The van der Waals surface area contributed by atoms with E-state index in [2.05, 4.69) is 18.7 Å². The van der Waals surface area contributed by atoms with E-state index in [1.807, 2.05) is 30.3 Å². The zero-order valence-corrected chi connectivity index (χ0v) is 16.8. The molecule has 0 aliphatic rings. The molecule has 2 aromatic carbocycles. The van der Waals surface area contributed by atoms with Crippen molar-refractivity contribution in [1.82, 2.24) is 4.57 Å². The zero-order chi connectivity index (χ0) is 21.0. The minimum absolute atomic E-state index is 0.156. The molecule has 0 saturated heterocycles. The Morgan fingerprint density at radius 2 is 1.69 bits per heavy atom. The van der Waals surface area contributed by atoms with Crippen molar-refractivity contribution >= 4 is 22.6 Å². The lowest BCUT2D eigenvalue weighted by Gasteiger charge is -2.25. The topological polar surface area (TPSA) is 82.8 Å². The number of fused-ring (bicyclic) bond motifs is 1. The largest absolute Gasteiger partial charge is 0.477 e. The van der Waals surface area contributed by atoms with Crippen LogP contribution in [0.3, 0.4) is 0 Å². The summed E-state index contributed by atoms with van der Waals surface area (Å²) >= 11 is 0. The van der Waals surface area contributed by atoms with Crippen LogP contribution in [-0.4, -0.2) is 40.4 Å². The number of hydrogen-bond donors (Lipinski definition) is 2. The highest BCUT2D eigenvalue weighted by Crippen LogP contribution is 2.26. The Kier molecular flexibility index (Phi) is 6.34. The molecular weight excluding hydrogens is 368 g/mol. The van der Waals surface area contributed by atoms with Crippen LogP contribution in [0, 0.1) is 0 Å². The lowest BCUT2D eigenvalue weighted by Crippen LogP contribution is -2.27. The number of rotatable bonds is 8. The minimum Gasteiger partial charge on any atom is -0.477 e. The molecule has 1 aromatic heterocycles. The molecule has 29 heavy (non-hydrogen) atoms. The Labute approximate surface area is 169 Å². The van der Waals surface area contributed by atoms with Gasteiger partial charge in [-0.15, -0.1) is 0 Å². The van der Waals surface area contributed by atoms with Gasteiger partial charge in [-0.2, -0.15) is 0 Å². The summed E-state index contributed by atoms with van der Waals surface area (Å²) in [5, 5.41) is 19.8. The van der Waals surface area contributed by atoms with Gasteiger partial charge in [0.25, 0.3) is 0 Å². The van der Waals surface area contributed by atoms with E-state index >= 15 is 0 Å². The zero-order valence-electron chi connectivity index (χ0n) is 16.8. The standard InChI is InChI=1S/C23H26N2O4/c1-3-24(4-2)18-11-7-5-9-16(18)15-20-21(23(28)29)22(27)17-10-6-8-12-19(17)25(20)13-14-26/h5-12,26H,3-4,13-15H2,1-2H3,(H,28,29). The van der Waals surface area contributed by atoms with E-state index in [1.165, 1.54) is 0 Å². The minimum atomic E-state index is -1.25. The lowest BCUT2D eigenvalue weighted by atomic mass is 9.99. The van der Waals surface area contributed by atoms with Crippen molar-refractivity contribution in [1.29, 1.82) is 0 Å². The first kappa shape index (κ1) is 20.6. The second kappa shape index (κ2) is 8.92. The number of anilines is 1. The number of aliphatic hydroxyl groups excluding tert-OH is 1. The molecule has 0 aliphatic carbocycles. The first-order valence-electron chi connectivity index (χ1n) is 9.84. The Hall–Kier alpha value is -3.12. The molecule has 0 unspecified atom stereocenters. The van der Waals surface area contributed by atoms with E-state index in [4.69, 9.17) is 0 Å². The van der Waals surface area contributed by atoms with Crippen molar-refractivity contribution in [2.24, 2.45) is 0 Å². The van der Waals surface area contributed by atoms with Gasteiger partial charge in [0.2, 0.25) is 5.43 Å². The van der Waals surface area contributed by atoms with Gasteiger partial charge in [-0.25, -0.2) is 4.79 Å². The fourth-order valence-electron chi connectivity index (χ4n) is 3.92. The number of aromatic nitrogens is 1. The van der Waals surface area contributed by atoms with Crippen molar-refractivity contribution in [2.75, 3.05) is 24.6 Å². The van der Waals surface area contributed by atoms with Crippen LogP contribution in [0.2, 0.25) is 0 Å². The first-order valence-corrected chi connectivity index (χ1v) is 9.84. The predicted molar refractivity (Wildman–Crippen MR) is 115 cm³/mol. The quantitative estimate of drug-likeness (QED) is 0.613. The Balaban J connectivity index is 2.30. The van der Waals surface area contributed by atoms with E-state index in [0.717, 1.165) is 24.3 Å². The Morgan fingerprint density at radius 1 is 1.03 bits per heavy atom. The molecule has 0 aliphatic heterocycles. The van der Waals surface area contributed by atoms with Crippen LogP contribution < -0.4 is 10.3 Å². The lowest BCUT2D eigenvalue weighted by molar-refractivity contribution is 0.0693. The summed E-state index contributed by atoms with van der Waals surface area (Å²) in [4.78, 5) is 27.3. The highest BCUT2D eigenvalue weighted by molar-refractivity contribution is 5.94. The molecule has 0 spiro atoms. The summed E-state index contributed by atoms with van der Waals surface area (Å²) in [5.41, 5.74) is 2.29. The number of aliphatic hydroxyl groups is 1. The van der Waals surface area contributed by atoms with E-state index in [9.17, 15) is 19.8 Å². The molecule has 0 amide bonds. The highest BCUT2D eigenvalue weighted by Gasteiger charge is 2.23. The van der Waals surface area contributed by atoms with Crippen LogP contribution in [0.5, 0.6) is 0 Å². The normalized spacial score (nSPS) is 11.0. The molecule has 3 aromatic rings. The van der Waals surface area contributed by atoms with E-state index in [1.54, 1.807) is 22.8 Å². The number of nitrogens with zero attached hydrogens (tertiary/aromatic N) is 2. The van der Waals surface area contributed by atoms with Gasteiger partial charge < -0.3 is 19.7 Å². The van der Waals surface area contributed by atoms with Crippen LogP contribution in [0.4, 0.5) is 5.69 Å². The number of aromatic carboxylic acids is 1. The summed E-state index contributed by atoms with van der Waals surface area (Å²) in [6, 6.07) is 14.8. The molecule has 6 nitrogen and oxygen atoms in total. The monoisotopic (exact) mass is 394 g/mol. The maximum Gasteiger partial charge on any atom is 0.341 e. The number of carbonyl (C=O) groups is 1. The number of para-hydroxylation sites is 2. The molecule has 2 N–H and O–H groups in total. The smallest absolute Gasteiger partial charge is 0.341 e. The predicted octanol–water partition coefficient (Wildman–Crippen LogP) is 3.13. The second-order valence-corrected chi connectivity index (χ2v) is 6.83. The molecule has 0 atom stereocenters. The van der Waals surface area contributed by atoms with Crippen molar-refractivity contribution in [3.63, 3.8) is 0 Å². The number of carboxylic acid groups (broad SMARTS) is 1. The van der Waals surface area contributed by atoms with Gasteiger partial charge in [-0.1, -0.05) is 30.3 Å². The van der Waals surface area contributed by atoms with Crippen LogP contribution >= 0.6 is 0 Å². The van der Waals surface area contributed by atoms with Gasteiger partial charge in [-0.05, 0) is 37.6 Å². The van der Waals surface area contributed by atoms with Crippen molar-refractivity contribution in [2.45, 2.75) is 26.8 Å². The van der Waals surface area contributed by atoms with E-state index < -0.39 is 11.4 Å². The Morgan fingerprint density at radius 3 is 2.34 bits per heavy atom. The van der Waals surface area contributed by atoms with Gasteiger partial charge in [0.05, 0.1) is 12.1 Å². The first-order chi connectivity index (χ1) is 14.0. The SMILES string of the molecule is CCN(CC)c1ccccc1Cc1c(C(=O)O)c(=O)c2ccccc2n1CCO.